The summed E-state index contributed by atoms with van der Waals surface area (Å²) in [4.78, 5) is 25.6. The van der Waals surface area contributed by atoms with Crippen LogP contribution in [0.15, 0.2) is 41.1 Å². The van der Waals surface area contributed by atoms with Crippen molar-refractivity contribution in [2.75, 3.05) is 16.8 Å². The summed E-state index contributed by atoms with van der Waals surface area (Å²) in [7, 11) is -3.29. The summed E-state index contributed by atoms with van der Waals surface area (Å²) < 4.78 is 23.6. The SMILES string of the molecule is CC1=C(C#N)C(=O)[NH+]([C@H]2CCS(=O)(=O)C2)C(=O)/C1=C/Nc1ccc(O)cc1C. The van der Waals surface area contributed by atoms with Gasteiger partial charge in [0.2, 0.25) is 0 Å². The second-order valence-corrected chi connectivity index (χ2v) is 9.21. The molecule has 1 saturated heterocycles. The summed E-state index contributed by atoms with van der Waals surface area (Å²) in [6.45, 7) is 3.30. The van der Waals surface area contributed by atoms with Crippen molar-refractivity contribution in [1.82, 2.24) is 0 Å². The van der Waals surface area contributed by atoms with Crippen LogP contribution in [0.3, 0.4) is 0 Å². The van der Waals surface area contributed by atoms with E-state index in [9.17, 15) is 28.4 Å². The van der Waals surface area contributed by atoms with Crippen LogP contribution in [0.4, 0.5) is 5.69 Å². The van der Waals surface area contributed by atoms with Crippen LogP contribution >= 0.6 is 0 Å². The molecule has 2 aliphatic heterocycles. The lowest BCUT2D eigenvalue weighted by molar-refractivity contribution is -0.761. The van der Waals surface area contributed by atoms with Crippen LogP contribution in [-0.2, 0) is 19.4 Å². The van der Waals surface area contributed by atoms with E-state index >= 15 is 0 Å². The van der Waals surface area contributed by atoms with E-state index in [1.165, 1.54) is 19.2 Å². The minimum atomic E-state index is -3.29. The number of imide groups is 1. The van der Waals surface area contributed by atoms with Crippen LogP contribution in [0.25, 0.3) is 0 Å². The summed E-state index contributed by atoms with van der Waals surface area (Å²) >= 11 is 0. The number of hydrogen-bond donors (Lipinski definition) is 3. The Morgan fingerprint density at radius 3 is 2.57 bits per heavy atom. The molecule has 1 aromatic rings. The highest BCUT2D eigenvalue weighted by Gasteiger charge is 2.48. The fourth-order valence-electron chi connectivity index (χ4n) is 3.52. The number of phenolic OH excluding ortho intramolecular Hbond substituents is 1. The second-order valence-electron chi connectivity index (χ2n) is 6.99. The van der Waals surface area contributed by atoms with Gasteiger partial charge in [-0.1, -0.05) is 0 Å². The molecular formula is C19H20N3O5S+. The smallest absolute Gasteiger partial charge is 0.363 e. The zero-order valence-corrected chi connectivity index (χ0v) is 16.3. The number of nitriles is 1. The van der Waals surface area contributed by atoms with E-state index in [2.05, 4.69) is 5.32 Å². The van der Waals surface area contributed by atoms with Crippen molar-refractivity contribution in [2.45, 2.75) is 26.3 Å². The molecule has 8 nitrogen and oxygen atoms in total. The average Bonchev–Trinajstić information content (AvgIpc) is 2.96. The van der Waals surface area contributed by atoms with E-state index in [-0.39, 0.29) is 45.3 Å². The second kappa shape index (κ2) is 7.22. The molecule has 9 heteroatoms. The van der Waals surface area contributed by atoms with Crippen molar-refractivity contribution in [3.05, 3.63) is 46.7 Å². The van der Waals surface area contributed by atoms with Crippen LogP contribution in [-0.4, -0.2) is 42.9 Å². The van der Waals surface area contributed by atoms with Crippen molar-refractivity contribution in [3.8, 4) is 11.8 Å². The number of aryl methyl sites for hydroxylation is 1. The number of nitrogens with zero attached hydrogens (tertiary/aromatic N) is 1. The Morgan fingerprint density at radius 2 is 2.00 bits per heavy atom. The first-order valence-electron chi connectivity index (χ1n) is 8.69. The number of phenols is 1. The minimum Gasteiger partial charge on any atom is -0.508 e. The third-order valence-electron chi connectivity index (χ3n) is 5.07. The molecular weight excluding hydrogens is 382 g/mol. The summed E-state index contributed by atoms with van der Waals surface area (Å²) in [5.41, 5.74) is 1.65. The third kappa shape index (κ3) is 3.56. The number of rotatable bonds is 3. The van der Waals surface area contributed by atoms with Gasteiger partial charge >= 0.3 is 11.8 Å². The molecule has 146 valence electrons. The van der Waals surface area contributed by atoms with Crippen molar-refractivity contribution in [1.29, 1.82) is 5.26 Å². The first kappa shape index (κ1) is 19.8. The predicted octanol–water partition coefficient (Wildman–Crippen LogP) is -0.0247. The Bertz CT molecular complexity index is 1080. The van der Waals surface area contributed by atoms with Crippen LogP contribution in [0, 0.1) is 18.3 Å². The number of anilines is 1. The van der Waals surface area contributed by atoms with Gasteiger partial charge in [-0.05, 0) is 43.2 Å². The third-order valence-corrected chi connectivity index (χ3v) is 6.84. The van der Waals surface area contributed by atoms with Gasteiger partial charge < -0.3 is 10.4 Å². The molecule has 1 fully saturated rings. The monoisotopic (exact) mass is 402 g/mol. The molecule has 3 N–H and O–H groups in total. The van der Waals surface area contributed by atoms with Gasteiger partial charge in [0.1, 0.15) is 29.2 Å². The standard InChI is InChI=1S/C19H19N3O5S/c1-11-7-14(23)3-4-17(11)21-9-16-12(2)15(8-20)18(24)22(19(16)25)13-5-6-28(26,27)10-13/h3-4,7,9,13,21,23H,5-6,10H2,1-2H3/p+1/b16-9+/t13-/m0/s1. The summed E-state index contributed by atoms with van der Waals surface area (Å²) in [6, 6.07) is 5.84. The Labute approximate surface area is 162 Å². The molecule has 0 radical (unpaired) electrons. The van der Waals surface area contributed by atoms with Crippen molar-refractivity contribution in [3.63, 3.8) is 0 Å². The molecule has 0 aliphatic carbocycles. The lowest BCUT2D eigenvalue weighted by atomic mass is 9.94. The number of nitrogens with one attached hydrogen (secondary N) is 2. The number of carbonyl (C=O) groups excluding carboxylic acids is 2. The Kier molecular flexibility index (Phi) is 5.10. The Hall–Kier alpha value is -2.96. The first-order chi connectivity index (χ1) is 13.1. The highest BCUT2D eigenvalue weighted by molar-refractivity contribution is 7.91. The summed E-state index contributed by atoms with van der Waals surface area (Å²) in [6.07, 6.45) is 1.62. The van der Waals surface area contributed by atoms with Crippen LogP contribution in [0.1, 0.15) is 18.9 Å². The maximum Gasteiger partial charge on any atom is 0.363 e. The Balaban J connectivity index is 1.99. The average molecular weight is 402 g/mol. The zero-order chi connectivity index (χ0) is 20.6. The lowest BCUT2D eigenvalue weighted by Crippen LogP contribution is -3.21. The highest BCUT2D eigenvalue weighted by atomic mass is 32.2. The largest absolute Gasteiger partial charge is 0.508 e. The van der Waals surface area contributed by atoms with Gasteiger partial charge in [-0.2, -0.15) is 10.2 Å². The summed E-state index contributed by atoms with van der Waals surface area (Å²) in [5.74, 6) is -1.44. The normalized spacial score (nSPS) is 25.8. The molecule has 2 aliphatic rings. The van der Waals surface area contributed by atoms with E-state index in [1.807, 2.05) is 6.07 Å². The van der Waals surface area contributed by atoms with E-state index in [0.29, 0.717) is 5.69 Å². The highest BCUT2D eigenvalue weighted by Crippen LogP contribution is 2.23. The molecule has 0 spiro atoms. The fourth-order valence-corrected chi connectivity index (χ4v) is 5.28. The van der Waals surface area contributed by atoms with Crippen LogP contribution in [0.5, 0.6) is 5.75 Å². The van der Waals surface area contributed by atoms with Crippen molar-refractivity contribution >= 4 is 27.3 Å². The molecule has 2 amide bonds. The number of hydrogen-bond acceptors (Lipinski definition) is 7. The molecule has 1 unspecified atom stereocenters. The van der Waals surface area contributed by atoms with Gasteiger partial charge in [-0.25, -0.2) is 18.0 Å². The number of amides is 2. The van der Waals surface area contributed by atoms with E-state index in [1.54, 1.807) is 19.1 Å². The first-order valence-corrected chi connectivity index (χ1v) is 10.5. The Morgan fingerprint density at radius 1 is 1.29 bits per heavy atom. The fraction of sp³-hybridized carbons (Fsp3) is 0.316. The molecule has 0 aromatic heterocycles. The van der Waals surface area contributed by atoms with Crippen molar-refractivity contribution in [2.24, 2.45) is 0 Å². The zero-order valence-electron chi connectivity index (χ0n) is 15.4. The molecule has 0 saturated carbocycles. The summed E-state index contributed by atoms with van der Waals surface area (Å²) in [5, 5.41) is 21.9. The molecule has 0 bridgehead atoms. The number of quaternary nitrogens is 1. The molecule has 3 rings (SSSR count). The maximum atomic E-state index is 13.0. The molecule has 28 heavy (non-hydrogen) atoms. The van der Waals surface area contributed by atoms with Crippen LogP contribution in [0.2, 0.25) is 0 Å². The van der Waals surface area contributed by atoms with Gasteiger partial charge in [-0.3, -0.25) is 0 Å². The van der Waals surface area contributed by atoms with E-state index in [0.717, 1.165) is 5.56 Å². The molecule has 2 atom stereocenters. The van der Waals surface area contributed by atoms with Gasteiger partial charge in [0.05, 0.1) is 5.75 Å². The molecule has 2 heterocycles. The topological polar surface area (TPSA) is 129 Å². The lowest BCUT2D eigenvalue weighted by Gasteiger charge is -2.25. The molecule has 1 aromatic carbocycles. The minimum absolute atomic E-state index is 0.0731. The van der Waals surface area contributed by atoms with E-state index < -0.39 is 27.7 Å². The van der Waals surface area contributed by atoms with Gasteiger partial charge in [0, 0.05) is 18.3 Å². The van der Waals surface area contributed by atoms with Gasteiger partial charge in [0.25, 0.3) is 0 Å². The van der Waals surface area contributed by atoms with Gasteiger partial charge in [-0.15, -0.1) is 0 Å². The quantitative estimate of drug-likeness (QED) is 0.368. The number of benzene rings is 1. The van der Waals surface area contributed by atoms with Gasteiger partial charge in [0.15, 0.2) is 15.4 Å². The van der Waals surface area contributed by atoms with E-state index in [4.69, 9.17) is 0 Å². The predicted molar refractivity (Wildman–Crippen MR) is 101 cm³/mol. The number of carbonyl (C=O) groups is 2. The van der Waals surface area contributed by atoms with Crippen LogP contribution < -0.4 is 10.2 Å². The number of sulfone groups is 1. The number of aromatic hydroxyl groups is 1. The van der Waals surface area contributed by atoms with Crippen molar-refractivity contribution < 1.29 is 28.0 Å². The maximum absolute atomic E-state index is 13.0.